The van der Waals surface area contributed by atoms with Crippen LogP contribution in [0.2, 0.25) is 0 Å². The van der Waals surface area contributed by atoms with E-state index in [-0.39, 0.29) is 12.5 Å². The molecule has 114 valence electrons. The molecule has 2 aromatic rings. The van der Waals surface area contributed by atoms with Crippen LogP contribution >= 0.6 is 0 Å². The van der Waals surface area contributed by atoms with Crippen molar-refractivity contribution in [3.8, 4) is 0 Å². The first kappa shape index (κ1) is 15.5. The third kappa shape index (κ3) is 3.60. The van der Waals surface area contributed by atoms with Gasteiger partial charge in [0.2, 0.25) is 0 Å². The second-order valence-electron chi connectivity index (χ2n) is 5.05. The molecule has 1 atom stereocenters. The van der Waals surface area contributed by atoms with Gasteiger partial charge in [-0.15, -0.1) is 0 Å². The molecule has 21 heavy (non-hydrogen) atoms. The van der Waals surface area contributed by atoms with E-state index < -0.39 is 17.8 Å². The molecule has 0 fully saturated rings. The van der Waals surface area contributed by atoms with E-state index in [2.05, 4.69) is 10.1 Å². The molecule has 1 unspecified atom stereocenters. The fourth-order valence-electron chi connectivity index (χ4n) is 2.04. The van der Waals surface area contributed by atoms with E-state index in [1.165, 1.54) is 18.5 Å². The lowest BCUT2D eigenvalue weighted by Gasteiger charge is -2.14. The Morgan fingerprint density at radius 1 is 1.19 bits per heavy atom. The molecule has 7 heteroatoms. The number of aliphatic hydroxyl groups excluding tert-OH is 1. The number of rotatable bonds is 4. The summed E-state index contributed by atoms with van der Waals surface area (Å²) in [7, 11) is 0. The molecule has 0 amide bonds. The average Bonchev–Trinajstić information content (AvgIpc) is 2.86. The van der Waals surface area contributed by atoms with Crippen LogP contribution < -0.4 is 0 Å². The highest BCUT2D eigenvalue weighted by molar-refractivity contribution is 5.26. The largest absolute Gasteiger partial charge is 0.416 e. The zero-order chi connectivity index (χ0) is 15.6. The zero-order valence-corrected chi connectivity index (χ0v) is 11.7. The van der Waals surface area contributed by atoms with E-state index in [4.69, 9.17) is 0 Å². The molecule has 0 bridgehead atoms. The van der Waals surface area contributed by atoms with Crippen molar-refractivity contribution in [1.29, 1.82) is 0 Å². The highest BCUT2D eigenvalue weighted by Gasteiger charge is 2.30. The molecule has 0 aliphatic rings. The third-order valence-corrected chi connectivity index (χ3v) is 3.14. The average molecular weight is 299 g/mol. The summed E-state index contributed by atoms with van der Waals surface area (Å²) in [5.41, 5.74) is -0.315. The Kier molecular flexibility index (Phi) is 4.32. The van der Waals surface area contributed by atoms with Crippen LogP contribution in [-0.4, -0.2) is 19.9 Å². The fourth-order valence-corrected chi connectivity index (χ4v) is 2.04. The van der Waals surface area contributed by atoms with E-state index >= 15 is 0 Å². The van der Waals surface area contributed by atoms with Gasteiger partial charge in [-0.3, -0.25) is 0 Å². The molecule has 1 aromatic carbocycles. The summed E-state index contributed by atoms with van der Waals surface area (Å²) < 4.78 is 39.1. The molecule has 0 saturated carbocycles. The van der Waals surface area contributed by atoms with Crippen LogP contribution in [0.1, 0.15) is 42.9 Å². The van der Waals surface area contributed by atoms with Crippen LogP contribution in [0.3, 0.4) is 0 Å². The van der Waals surface area contributed by atoms with Crippen molar-refractivity contribution in [2.24, 2.45) is 0 Å². The van der Waals surface area contributed by atoms with Gasteiger partial charge in [0.05, 0.1) is 11.7 Å². The smallest absolute Gasteiger partial charge is 0.388 e. The number of nitrogens with zero attached hydrogens (tertiary/aromatic N) is 3. The number of hydrogen-bond donors (Lipinski definition) is 1. The summed E-state index contributed by atoms with van der Waals surface area (Å²) in [4.78, 5) is 4.07. The topological polar surface area (TPSA) is 50.9 Å². The highest BCUT2D eigenvalue weighted by Crippen LogP contribution is 2.30. The summed E-state index contributed by atoms with van der Waals surface area (Å²) in [6, 6.07) is 4.59. The van der Waals surface area contributed by atoms with Gasteiger partial charge in [-0.05, 0) is 31.5 Å². The number of hydrogen-bond acceptors (Lipinski definition) is 3. The predicted molar refractivity (Wildman–Crippen MR) is 70.5 cm³/mol. The van der Waals surface area contributed by atoms with Crippen molar-refractivity contribution in [2.75, 3.05) is 0 Å². The molecule has 1 heterocycles. The number of aromatic nitrogens is 3. The first-order chi connectivity index (χ1) is 9.79. The lowest BCUT2D eigenvalue weighted by Crippen LogP contribution is -2.12. The van der Waals surface area contributed by atoms with Crippen molar-refractivity contribution < 1.29 is 18.3 Å². The van der Waals surface area contributed by atoms with Gasteiger partial charge in [-0.1, -0.05) is 12.1 Å². The van der Waals surface area contributed by atoms with Gasteiger partial charge in [0.15, 0.2) is 0 Å². The normalized spacial score (nSPS) is 13.7. The Balaban J connectivity index is 2.13. The minimum absolute atomic E-state index is 0.0994. The Morgan fingerprint density at radius 2 is 1.81 bits per heavy atom. The number of benzene rings is 1. The quantitative estimate of drug-likeness (QED) is 0.943. The maximum absolute atomic E-state index is 12.5. The first-order valence-electron chi connectivity index (χ1n) is 6.52. The molecule has 0 aliphatic heterocycles. The van der Waals surface area contributed by atoms with E-state index in [0.29, 0.717) is 11.4 Å². The van der Waals surface area contributed by atoms with Gasteiger partial charge in [-0.2, -0.15) is 18.3 Å². The van der Waals surface area contributed by atoms with Gasteiger partial charge in [0.25, 0.3) is 0 Å². The van der Waals surface area contributed by atoms with E-state index in [1.807, 2.05) is 13.8 Å². The monoisotopic (exact) mass is 299 g/mol. The standard InChI is InChI=1S/C14H16F3N3O/c1-9(2)20-13(18-8-19-20)7-12(21)10-3-5-11(6-4-10)14(15,16)17/h3-6,8-9,12,21H,7H2,1-2H3. The van der Waals surface area contributed by atoms with Crippen LogP contribution in [0.5, 0.6) is 0 Å². The maximum Gasteiger partial charge on any atom is 0.416 e. The number of aliphatic hydroxyl groups is 1. The van der Waals surface area contributed by atoms with E-state index in [9.17, 15) is 18.3 Å². The summed E-state index contributed by atoms with van der Waals surface area (Å²) in [6.45, 7) is 3.87. The van der Waals surface area contributed by atoms with Crippen molar-refractivity contribution >= 4 is 0 Å². The van der Waals surface area contributed by atoms with Crippen molar-refractivity contribution in [1.82, 2.24) is 14.8 Å². The number of halogens is 3. The van der Waals surface area contributed by atoms with E-state index in [0.717, 1.165) is 12.1 Å². The fraction of sp³-hybridized carbons (Fsp3) is 0.429. The van der Waals surface area contributed by atoms with Gasteiger partial charge >= 0.3 is 6.18 Å². The summed E-state index contributed by atoms with van der Waals surface area (Å²) >= 11 is 0. The predicted octanol–water partition coefficient (Wildman–Crippen LogP) is 3.15. The second kappa shape index (κ2) is 5.85. The summed E-state index contributed by atoms with van der Waals surface area (Å²) in [6.07, 6.45) is -3.70. The van der Waals surface area contributed by atoms with E-state index in [1.54, 1.807) is 4.68 Å². The molecule has 0 saturated heterocycles. The maximum atomic E-state index is 12.5. The van der Waals surface area contributed by atoms with Crippen molar-refractivity contribution in [3.63, 3.8) is 0 Å². The SMILES string of the molecule is CC(C)n1ncnc1CC(O)c1ccc(C(F)(F)F)cc1. The zero-order valence-electron chi connectivity index (χ0n) is 11.7. The van der Waals surface area contributed by atoms with Crippen LogP contribution in [0.25, 0.3) is 0 Å². The Labute approximate surface area is 120 Å². The lowest BCUT2D eigenvalue weighted by atomic mass is 10.0. The van der Waals surface area contributed by atoms with Crippen molar-refractivity contribution in [3.05, 3.63) is 47.5 Å². The lowest BCUT2D eigenvalue weighted by molar-refractivity contribution is -0.137. The molecule has 0 spiro atoms. The molecule has 0 aliphatic carbocycles. The minimum Gasteiger partial charge on any atom is -0.388 e. The molecule has 2 rings (SSSR count). The first-order valence-corrected chi connectivity index (χ1v) is 6.52. The molecular formula is C14H16F3N3O. The second-order valence-corrected chi connectivity index (χ2v) is 5.05. The van der Waals surface area contributed by atoms with Crippen LogP contribution in [0.4, 0.5) is 13.2 Å². The molecular weight excluding hydrogens is 283 g/mol. The molecule has 1 N–H and O–H groups in total. The summed E-state index contributed by atoms with van der Waals surface area (Å²) in [5.74, 6) is 0.595. The molecule has 4 nitrogen and oxygen atoms in total. The summed E-state index contributed by atoms with van der Waals surface area (Å²) in [5, 5.41) is 14.2. The minimum atomic E-state index is -4.37. The number of alkyl halides is 3. The van der Waals surface area contributed by atoms with Gasteiger partial charge in [0, 0.05) is 12.5 Å². The van der Waals surface area contributed by atoms with Crippen LogP contribution in [0, 0.1) is 0 Å². The highest BCUT2D eigenvalue weighted by atomic mass is 19.4. The Hall–Kier alpha value is -1.89. The molecule has 0 radical (unpaired) electrons. The van der Waals surface area contributed by atoms with Crippen LogP contribution in [0.15, 0.2) is 30.6 Å². The Bertz CT molecular complexity index is 590. The molecule has 1 aromatic heterocycles. The van der Waals surface area contributed by atoms with Gasteiger partial charge in [0.1, 0.15) is 12.2 Å². The van der Waals surface area contributed by atoms with Gasteiger partial charge < -0.3 is 5.11 Å². The van der Waals surface area contributed by atoms with Crippen LogP contribution in [-0.2, 0) is 12.6 Å². The van der Waals surface area contributed by atoms with Gasteiger partial charge in [-0.25, -0.2) is 9.67 Å². The Morgan fingerprint density at radius 3 is 2.33 bits per heavy atom. The third-order valence-electron chi connectivity index (χ3n) is 3.14. The van der Waals surface area contributed by atoms with Crippen molar-refractivity contribution in [2.45, 2.75) is 38.6 Å².